The highest BCUT2D eigenvalue weighted by molar-refractivity contribution is 5.66. The molecule has 0 unspecified atom stereocenters. The van der Waals surface area contributed by atoms with E-state index in [-0.39, 0.29) is 6.01 Å². The summed E-state index contributed by atoms with van der Waals surface area (Å²) in [6.07, 6.45) is 0. The van der Waals surface area contributed by atoms with E-state index in [9.17, 15) is 4.79 Å². The van der Waals surface area contributed by atoms with Crippen molar-refractivity contribution in [3.63, 3.8) is 0 Å². The van der Waals surface area contributed by atoms with Crippen LogP contribution in [0, 0.1) is 0 Å². The maximum atomic E-state index is 11.4. The van der Waals surface area contributed by atoms with E-state index in [0.29, 0.717) is 22.9 Å². The number of methoxy groups -OCH3 is 3. The highest BCUT2D eigenvalue weighted by Crippen LogP contribution is 2.31. The van der Waals surface area contributed by atoms with E-state index in [2.05, 4.69) is 15.0 Å². The van der Waals surface area contributed by atoms with Gasteiger partial charge >= 0.3 is 11.7 Å². The zero-order valence-electron chi connectivity index (χ0n) is 10.8. The van der Waals surface area contributed by atoms with Gasteiger partial charge in [-0.1, -0.05) is 0 Å². The van der Waals surface area contributed by atoms with Gasteiger partial charge in [0, 0.05) is 0 Å². The molecule has 1 N–H and O–H groups in total. The standard InChI is InChI=1S/C12H13N3O4/c1-17-7-4-5-9(18-2)8(6-7)10-13-11(16)15-12(14-10)19-3/h4-6H,1-3H3,(H,13,14,15,16). The van der Waals surface area contributed by atoms with E-state index in [1.54, 1.807) is 25.3 Å². The van der Waals surface area contributed by atoms with Crippen LogP contribution in [-0.4, -0.2) is 36.3 Å². The average Bonchev–Trinajstić information content (AvgIpc) is 2.45. The molecule has 7 nitrogen and oxygen atoms in total. The topological polar surface area (TPSA) is 86.3 Å². The van der Waals surface area contributed by atoms with Crippen LogP contribution in [0.2, 0.25) is 0 Å². The Kier molecular flexibility index (Phi) is 3.65. The monoisotopic (exact) mass is 263 g/mol. The van der Waals surface area contributed by atoms with Gasteiger partial charge in [0.15, 0.2) is 5.82 Å². The fourth-order valence-corrected chi connectivity index (χ4v) is 1.58. The van der Waals surface area contributed by atoms with Crippen LogP contribution in [0.3, 0.4) is 0 Å². The van der Waals surface area contributed by atoms with Gasteiger partial charge in [-0.05, 0) is 18.2 Å². The summed E-state index contributed by atoms with van der Waals surface area (Å²) in [4.78, 5) is 21.6. The van der Waals surface area contributed by atoms with Gasteiger partial charge in [-0.2, -0.15) is 4.98 Å². The molecule has 0 atom stereocenters. The minimum atomic E-state index is -0.549. The molecule has 19 heavy (non-hydrogen) atoms. The first-order valence-electron chi connectivity index (χ1n) is 5.42. The van der Waals surface area contributed by atoms with Gasteiger partial charge < -0.3 is 14.2 Å². The van der Waals surface area contributed by atoms with Crippen LogP contribution >= 0.6 is 0 Å². The van der Waals surface area contributed by atoms with Crippen molar-refractivity contribution in [2.45, 2.75) is 0 Å². The molecule has 1 aromatic heterocycles. The lowest BCUT2D eigenvalue weighted by Gasteiger charge is -2.09. The second-order valence-electron chi connectivity index (χ2n) is 3.56. The van der Waals surface area contributed by atoms with Gasteiger partial charge in [0.25, 0.3) is 0 Å². The molecule has 0 fully saturated rings. The number of nitrogens with one attached hydrogen (secondary N) is 1. The summed E-state index contributed by atoms with van der Waals surface area (Å²) in [5.74, 6) is 1.47. The van der Waals surface area contributed by atoms with Crippen molar-refractivity contribution in [3.05, 3.63) is 28.7 Å². The number of benzene rings is 1. The van der Waals surface area contributed by atoms with Crippen molar-refractivity contribution >= 4 is 0 Å². The maximum absolute atomic E-state index is 11.4. The first-order valence-corrected chi connectivity index (χ1v) is 5.42. The molecule has 0 saturated heterocycles. The highest BCUT2D eigenvalue weighted by atomic mass is 16.5. The van der Waals surface area contributed by atoms with E-state index < -0.39 is 5.69 Å². The van der Waals surface area contributed by atoms with E-state index in [4.69, 9.17) is 14.2 Å². The molecule has 2 aromatic rings. The molecule has 0 radical (unpaired) electrons. The zero-order valence-corrected chi connectivity index (χ0v) is 10.8. The molecule has 0 spiro atoms. The molecule has 1 aromatic carbocycles. The number of ether oxygens (including phenoxy) is 3. The number of nitrogens with zero attached hydrogens (tertiary/aromatic N) is 2. The van der Waals surface area contributed by atoms with Gasteiger partial charge in [0.2, 0.25) is 0 Å². The van der Waals surface area contributed by atoms with Crippen molar-refractivity contribution in [3.8, 4) is 28.9 Å². The molecule has 0 aliphatic heterocycles. The Bertz CT molecular complexity index is 639. The van der Waals surface area contributed by atoms with Gasteiger partial charge in [0.1, 0.15) is 11.5 Å². The molecule has 0 bridgehead atoms. The van der Waals surface area contributed by atoms with E-state index in [0.717, 1.165) is 0 Å². The third kappa shape index (κ3) is 2.65. The Balaban J connectivity index is 2.62. The first kappa shape index (κ1) is 12.9. The quantitative estimate of drug-likeness (QED) is 0.880. The summed E-state index contributed by atoms with van der Waals surface area (Å²) in [5, 5.41) is 0. The third-order valence-corrected chi connectivity index (χ3v) is 2.47. The predicted octanol–water partition coefficient (Wildman–Crippen LogP) is 0.858. The van der Waals surface area contributed by atoms with Crippen molar-refractivity contribution in [1.82, 2.24) is 15.0 Å². The Morgan fingerprint density at radius 2 is 1.84 bits per heavy atom. The van der Waals surface area contributed by atoms with Crippen LogP contribution in [0.15, 0.2) is 23.0 Å². The lowest BCUT2D eigenvalue weighted by atomic mass is 10.1. The summed E-state index contributed by atoms with van der Waals surface area (Å²) in [7, 11) is 4.47. The van der Waals surface area contributed by atoms with Gasteiger partial charge in [-0.15, -0.1) is 4.98 Å². The van der Waals surface area contributed by atoms with Crippen molar-refractivity contribution in [1.29, 1.82) is 0 Å². The summed E-state index contributed by atoms with van der Waals surface area (Å²) >= 11 is 0. The van der Waals surface area contributed by atoms with E-state index in [1.807, 2.05) is 0 Å². The minimum absolute atomic E-state index is 0.0105. The number of aromatic nitrogens is 3. The summed E-state index contributed by atoms with van der Waals surface area (Å²) in [6, 6.07) is 5.17. The van der Waals surface area contributed by atoms with Crippen LogP contribution in [0.1, 0.15) is 0 Å². The second kappa shape index (κ2) is 5.38. The molecule has 2 rings (SSSR count). The van der Waals surface area contributed by atoms with Crippen LogP contribution in [0.5, 0.6) is 17.5 Å². The number of hydrogen-bond donors (Lipinski definition) is 1. The molecule has 1 heterocycles. The molecule has 0 aliphatic carbocycles. The fraction of sp³-hybridized carbons (Fsp3) is 0.250. The van der Waals surface area contributed by atoms with Crippen LogP contribution in [-0.2, 0) is 0 Å². The number of H-pyrrole nitrogens is 1. The Morgan fingerprint density at radius 1 is 1.05 bits per heavy atom. The summed E-state index contributed by atoms with van der Waals surface area (Å²) in [6.45, 7) is 0. The van der Waals surface area contributed by atoms with Crippen molar-refractivity contribution in [2.24, 2.45) is 0 Å². The summed E-state index contributed by atoms with van der Waals surface area (Å²) < 4.78 is 15.2. The van der Waals surface area contributed by atoms with Crippen molar-refractivity contribution in [2.75, 3.05) is 21.3 Å². The van der Waals surface area contributed by atoms with Crippen LogP contribution in [0.25, 0.3) is 11.4 Å². The largest absolute Gasteiger partial charge is 0.497 e. The molecule has 0 amide bonds. The Morgan fingerprint density at radius 3 is 2.47 bits per heavy atom. The SMILES string of the molecule is COc1ccc(OC)c(-c2nc(OC)nc(=O)[nH]2)c1. The lowest BCUT2D eigenvalue weighted by Crippen LogP contribution is -2.14. The second-order valence-corrected chi connectivity index (χ2v) is 3.56. The smallest absolute Gasteiger partial charge is 0.351 e. The van der Waals surface area contributed by atoms with Gasteiger partial charge in [0.05, 0.1) is 26.9 Å². The Labute approximate surface area is 109 Å². The molecular weight excluding hydrogens is 250 g/mol. The number of rotatable bonds is 4. The zero-order chi connectivity index (χ0) is 13.8. The highest BCUT2D eigenvalue weighted by Gasteiger charge is 2.12. The Hall–Kier alpha value is -2.57. The van der Waals surface area contributed by atoms with Crippen LogP contribution < -0.4 is 19.9 Å². The third-order valence-electron chi connectivity index (χ3n) is 2.47. The molecular formula is C12H13N3O4. The van der Waals surface area contributed by atoms with Gasteiger partial charge in [-0.25, -0.2) is 4.79 Å². The number of aromatic amines is 1. The molecule has 100 valence electrons. The van der Waals surface area contributed by atoms with Crippen molar-refractivity contribution < 1.29 is 14.2 Å². The van der Waals surface area contributed by atoms with Crippen LogP contribution in [0.4, 0.5) is 0 Å². The minimum Gasteiger partial charge on any atom is -0.497 e. The normalized spacial score (nSPS) is 10.1. The summed E-state index contributed by atoms with van der Waals surface area (Å²) in [5.41, 5.74) is 0.0337. The molecule has 0 saturated carbocycles. The first-order chi connectivity index (χ1) is 9.17. The maximum Gasteiger partial charge on any atom is 0.351 e. The predicted molar refractivity (Wildman–Crippen MR) is 67.7 cm³/mol. The number of hydrogen-bond acceptors (Lipinski definition) is 6. The average molecular weight is 263 g/mol. The molecule has 0 aliphatic rings. The fourth-order valence-electron chi connectivity index (χ4n) is 1.58. The van der Waals surface area contributed by atoms with E-state index >= 15 is 0 Å². The molecule has 7 heteroatoms. The van der Waals surface area contributed by atoms with Gasteiger partial charge in [-0.3, -0.25) is 4.98 Å². The van der Waals surface area contributed by atoms with E-state index in [1.165, 1.54) is 14.2 Å². The lowest BCUT2D eigenvalue weighted by molar-refractivity contribution is 0.376.